The first-order chi connectivity index (χ1) is 16.2. The van der Waals surface area contributed by atoms with Crippen LogP contribution in [0.3, 0.4) is 0 Å². The second-order valence-corrected chi connectivity index (χ2v) is 8.93. The Hall–Kier alpha value is -3.04. The van der Waals surface area contributed by atoms with E-state index < -0.39 is 0 Å². The number of halogens is 1. The minimum Gasteiger partial charge on any atom is -0.493 e. The van der Waals surface area contributed by atoms with Gasteiger partial charge in [-0.2, -0.15) is 0 Å². The van der Waals surface area contributed by atoms with E-state index in [1.807, 2.05) is 30.9 Å². The topological polar surface area (TPSA) is 83.1 Å². The molecule has 0 bridgehead atoms. The molecule has 1 heterocycles. The van der Waals surface area contributed by atoms with Crippen molar-refractivity contribution in [2.75, 3.05) is 50.6 Å². The maximum Gasteiger partial charge on any atom is 0.257 e. The minimum atomic E-state index is -0.380. The molecule has 182 valence electrons. The molecule has 2 aromatic carbocycles. The van der Waals surface area contributed by atoms with Crippen LogP contribution in [0.1, 0.15) is 24.2 Å². The van der Waals surface area contributed by atoms with E-state index in [1.54, 1.807) is 24.3 Å². The quantitative estimate of drug-likeness (QED) is 0.579. The van der Waals surface area contributed by atoms with Crippen molar-refractivity contribution in [2.24, 2.45) is 5.92 Å². The van der Waals surface area contributed by atoms with Gasteiger partial charge in [-0.15, -0.1) is 0 Å². The Kier molecular flexibility index (Phi) is 8.57. The van der Waals surface area contributed by atoms with Crippen LogP contribution in [-0.2, 0) is 4.79 Å². The fourth-order valence-corrected chi connectivity index (χ4v) is 4.20. The molecule has 0 radical (unpaired) electrons. The Balaban J connectivity index is 1.58. The molecule has 0 aliphatic carbocycles. The van der Waals surface area contributed by atoms with Gasteiger partial charge in [0, 0.05) is 43.3 Å². The van der Waals surface area contributed by atoms with Crippen LogP contribution in [0.4, 0.5) is 11.4 Å². The van der Waals surface area contributed by atoms with Crippen molar-refractivity contribution in [1.29, 1.82) is 0 Å². The molecule has 0 aromatic heterocycles. The van der Waals surface area contributed by atoms with Gasteiger partial charge in [0.25, 0.3) is 5.91 Å². The Morgan fingerprint density at radius 3 is 2.26 bits per heavy atom. The molecule has 2 N–H and O–H groups in total. The summed E-state index contributed by atoms with van der Waals surface area (Å²) >= 11 is 11.8. The average Bonchev–Trinajstić information content (AvgIpc) is 2.83. The number of hydrogen-bond donors (Lipinski definition) is 2. The molecule has 1 aliphatic rings. The lowest BCUT2D eigenvalue weighted by Gasteiger charge is -2.37. The molecule has 10 heteroatoms. The lowest BCUT2D eigenvalue weighted by Crippen LogP contribution is -2.50. The highest BCUT2D eigenvalue weighted by molar-refractivity contribution is 7.80. The maximum absolute atomic E-state index is 12.6. The fourth-order valence-electron chi connectivity index (χ4n) is 3.69. The zero-order valence-corrected chi connectivity index (χ0v) is 21.3. The maximum atomic E-state index is 12.6. The van der Waals surface area contributed by atoms with E-state index in [4.69, 9.17) is 33.3 Å². The van der Waals surface area contributed by atoms with Gasteiger partial charge >= 0.3 is 0 Å². The number of thiocarbonyl (C=S) groups is 1. The Bertz CT molecular complexity index is 1070. The number of methoxy groups -OCH3 is 2. The SMILES string of the molecule is COc1ccc(C(=O)NC(=S)Nc2ccc(N3CCN(C(=O)C(C)C)CC3)c(Cl)c2)cc1OC. The number of piperazine rings is 1. The molecule has 1 fully saturated rings. The van der Waals surface area contributed by atoms with Crippen LogP contribution in [0.2, 0.25) is 5.02 Å². The smallest absolute Gasteiger partial charge is 0.257 e. The first-order valence-corrected chi connectivity index (χ1v) is 11.7. The molecule has 0 spiro atoms. The molecule has 3 rings (SSSR count). The molecule has 8 nitrogen and oxygen atoms in total. The number of nitrogens with one attached hydrogen (secondary N) is 2. The number of benzene rings is 2. The minimum absolute atomic E-state index is 0.00317. The van der Waals surface area contributed by atoms with Gasteiger partial charge in [0.2, 0.25) is 5.91 Å². The van der Waals surface area contributed by atoms with Gasteiger partial charge in [0.15, 0.2) is 16.6 Å². The lowest BCUT2D eigenvalue weighted by molar-refractivity contribution is -0.134. The summed E-state index contributed by atoms with van der Waals surface area (Å²) in [5, 5.41) is 6.34. The van der Waals surface area contributed by atoms with Gasteiger partial charge in [-0.3, -0.25) is 14.9 Å². The predicted molar refractivity (Wildman–Crippen MR) is 138 cm³/mol. The number of ether oxygens (including phenoxy) is 2. The lowest BCUT2D eigenvalue weighted by atomic mass is 10.1. The van der Waals surface area contributed by atoms with Gasteiger partial charge in [0.05, 0.1) is 24.9 Å². The molecule has 0 unspecified atom stereocenters. The third-order valence-corrected chi connectivity index (χ3v) is 6.01. The first-order valence-electron chi connectivity index (χ1n) is 10.9. The Morgan fingerprint density at radius 1 is 1.00 bits per heavy atom. The molecule has 2 amide bonds. The van der Waals surface area contributed by atoms with Crippen molar-refractivity contribution >= 4 is 52.1 Å². The molecular weight excluding hydrogens is 476 g/mol. The largest absolute Gasteiger partial charge is 0.493 e. The Morgan fingerprint density at radius 2 is 1.68 bits per heavy atom. The van der Waals surface area contributed by atoms with E-state index in [1.165, 1.54) is 14.2 Å². The molecule has 1 aliphatic heterocycles. The van der Waals surface area contributed by atoms with E-state index in [2.05, 4.69) is 15.5 Å². The second-order valence-electron chi connectivity index (χ2n) is 8.11. The average molecular weight is 505 g/mol. The van der Waals surface area contributed by atoms with Crippen LogP contribution in [0, 0.1) is 5.92 Å². The van der Waals surface area contributed by atoms with Crippen molar-refractivity contribution in [2.45, 2.75) is 13.8 Å². The summed E-state index contributed by atoms with van der Waals surface area (Å²) in [6.45, 7) is 6.59. The summed E-state index contributed by atoms with van der Waals surface area (Å²) in [6, 6.07) is 10.4. The van der Waals surface area contributed by atoms with Crippen molar-refractivity contribution in [3.05, 3.63) is 47.0 Å². The van der Waals surface area contributed by atoms with Gasteiger partial charge in [-0.05, 0) is 48.6 Å². The third kappa shape index (κ3) is 6.09. The van der Waals surface area contributed by atoms with E-state index >= 15 is 0 Å². The van der Waals surface area contributed by atoms with Crippen LogP contribution < -0.4 is 25.0 Å². The third-order valence-electron chi connectivity index (χ3n) is 5.50. The first kappa shape index (κ1) is 25.6. The molecule has 2 aromatic rings. The molecule has 0 atom stereocenters. The van der Waals surface area contributed by atoms with Crippen molar-refractivity contribution < 1.29 is 19.1 Å². The molecule has 0 saturated carbocycles. The van der Waals surface area contributed by atoms with Crippen molar-refractivity contribution in [3.63, 3.8) is 0 Å². The molecular formula is C24H29ClN4O4S. The number of hydrogen-bond acceptors (Lipinski definition) is 6. The Labute approximate surface area is 210 Å². The zero-order valence-electron chi connectivity index (χ0n) is 19.7. The zero-order chi connectivity index (χ0) is 24.8. The number of rotatable bonds is 6. The summed E-state index contributed by atoms with van der Waals surface area (Å²) in [7, 11) is 3.03. The van der Waals surface area contributed by atoms with E-state index in [0.29, 0.717) is 54.0 Å². The number of amides is 2. The van der Waals surface area contributed by atoms with Crippen LogP contribution in [0.5, 0.6) is 11.5 Å². The van der Waals surface area contributed by atoms with Crippen LogP contribution in [0.25, 0.3) is 0 Å². The summed E-state index contributed by atoms with van der Waals surface area (Å²) in [5.41, 5.74) is 1.93. The van der Waals surface area contributed by atoms with Crippen LogP contribution in [-0.4, -0.2) is 62.2 Å². The number of carbonyl (C=O) groups excluding carboxylic acids is 2. The number of anilines is 2. The fraction of sp³-hybridized carbons (Fsp3) is 0.375. The van der Waals surface area contributed by atoms with Crippen LogP contribution in [0.15, 0.2) is 36.4 Å². The molecule has 1 saturated heterocycles. The second kappa shape index (κ2) is 11.4. The highest BCUT2D eigenvalue weighted by atomic mass is 35.5. The summed E-state index contributed by atoms with van der Waals surface area (Å²) in [5.74, 6) is 0.772. The molecule has 34 heavy (non-hydrogen) atoms. The van der Waals surface area contributed by atoms with Crippen LogP contribution >= 0.6 is 23.8 Å². The van der Waals surface area contributed by atoms with Gasteiger partial charge in [-0.1, -0.05) is 25.4 Å². The van der Waals surface area contributed by atoms with Gasteiger partial charge in [0.1, 0.15) is 0 Å². The number of carbonyl (C=O) groups is 2. The summed E-state index contributed by atoms with van der Waals surface area (Å²) < 4.78 is 10.4. The van der Waals surface area contributed by atoms with E-state index in [9.17, 15) is 9.59 Å². The van der Waals surface area contributed by atoms with Gasteiger partial charge < -0.3 is 24.6 Å². The summed E-state index contributed by atoms with van der Waals surface area (Å²) in [6.07, 6.45) is 0. The normalized spacial score (nSPS) is 13.5. The monoisotopic (exact) mass is 504 g/mol. The van der Waals surface area contributed by atoms with E-state index in [0.717, 1.165) is 5.69 Å². The highest BCUT2D eigenvalue weighted by Crippen LogP contribution is 2.30. The van der Waals surface area contributed by atoms with E-state index in [-0.39, 0.29) is 22.8 Å². The van der Waals surface area contributed by atoms with Gasteiger partial charge in [-0.25, -0.2) is 0 Å². The predicted octanol–water partition coefficient (Wildman–Crippen LogP) is 3.79. The standard InChI is InChI=1S/C24H29ClN4O4S/c1-15(2)23(31)29-11-9-28(10-12-29)19-7-6-17(14-18(19)25)26-24(34)27-22(30)16-5-8-20(32-3)21(13-16)33-4/h5-8,13-15H,9-12H2,1-4H3,(H2,26,27,30,34). The van der Waals surface area contributed by atoms with Crippen molar-refractivity contribution in [3.8, 4) is 11.5 Å². The number of nitrogens with zero attached hydrogens (tertiary/aromatic N) is 2. The summed E-state index contributed by atoms with van der Waals surface area (Å²) in [4.78, 5) is 28.8. The van der Waals surface area contributed by atoms with Crippen molar-refractivity contribution in [1.82, 2.24) is 10.2 Å². The highest BCUT2D eigenvalue weighted by Gasteiger charge is 2.24.